The van der Waals surface area contributed by atoms with Crippen LogP contribution in [0.1, 0.15) is 10.4 Å². The molecule has 2 aromatic rings. The fourth-order valence-electron chi connectivity index (χ4n) is 1.61. The lowest BCUT2D eigenvalue weighted by atomic mass is 10.2. The number of halogens is 3. The van der Waals surface area contributed by atoms with E-state index in [1.54, 1.807) is 18.2 Å². The van der Waals surface area contributed by atoms with Gasteiger partial charge in [-0.3, -0.25) is 10.1 Å². The molecule has 22 heavy (non-hydrogen) atoms. The first-order valence-corrected chi connectivity index (χ1v) is 7.88. The molecule has 2 rings (SSSR count). The smallest absolute Gasteiger partial charge is 0.257 e. The maximum absolute atomic E-state index is 12.0. The third-order valence-electron chi connectivity index (χ3n) is 2.59. The van der Waals surface area contributed by atoms with Crippen LogP contribution in [0.25, 0.3) is 0 Å². The molecule has 0 saturated carbocycles. The molecule has 0 aromatic heterocycles. The SMILES string of the molecule is O=C(NC(=S)Nc1cc(Cl)c(O)c(Cl)c1)c1cccc(Br)c1. The van der Waals surface area contributed by atoms with E-state index in [0.29, 0.717) is 11.3 Å². The highest BCUT2D eigenvalue weighted by Gasteiger charge is 2.10. The van der Waals surface area contributed by atoms with E-state index in [4.69, 9.17) is 35.4 Å². The summed E-state index contributed by atoms with van der Waals surface area (Å²) in [5, 5.41) is 15.0. The Kier molecular flexibility index (Phi) is 5.63. The van der Waals surface area contributed by atoms with Gasteiger partial charge in [-0.2, -0.15) is 0 Å². The van der Waals surface area contributed by atoms with Crippen LogP contribution in [0.5, 0.6) is 5.75 Å². The minimum absolute atomic E-state index is 0.0797. The third kappa shape index (κ3) is 4.33. The highest BCUT2D eigenvalue weighted by atomic mass is 79.9. The van der Waals surface area contributed by atoms with Gasteiger partial charge in [0.05, 0.1) is 10.0 Å². The number of rotatable bonds is 2. The largest absolute Gasteiger partial charge is 0.505 e. The molecule has 3 N–H and O–H groups in total. The van der Waals surface area contributed by atoms with Gasteiger partial charge >= 0.3 is 0 Å². The number of phenols is 1. The molecule has 0 fully saturated rings. The number of benzene rings is 2. The van der Waals surface area contributed by atoms with E-state index in [1.165, 1.54) is 12.1 Å². The van der Waals surface area contributed by atoms with Crippen molar-refractivity contribution in [1.82, 2.24) is 5.32 Å². The number of thiocarbonyl (C=S) groups is 1. The van der Waals surface area contributed by atoms with Crippen LogP contribution in [0.2, 0.25) is 10.0 Å². The molecule has 0 aliphatic carbocycles. The van der Waals surface area contributed by atoms with Crippen molar-refractivity contribution >= 4 is 68.1 Å². The lowest BCUT2D eigenvalue weighted by Gasteiger charge is -2.11. The number of carbonyl (C=O) groups excluding carboxylic acids is 1. The second-order valence-corrected chi connectivity index (χ2v) is 6.35. The van der Waals surface area contributed by atoms with Gasteiger partial charge in [-0.05, 0) is 42.5 Å². The van der Waals surface area contributed by atoms with E-state index in [2.05, 4.69) is 26.6 Å². The molecular formula is C14H9BrCl2N2O2S. The lowest BCUT2D eigenvalue weighted by molar-refractivity contribution is 0.0977. The number of aromatic hydroxyl groups is 1. The molecule has 1 amide bonds. The van der Waals surface area contributed by atoms with Crippen LogP contribution < -0.4 is 10.6 Å². The van der Waals surface area contributed by atoms with Crippen molar-refractivity contribution in [1.29, 1.82) is 0 Å². The quantitative estimate of drug-likeness (QED) is 0.492. The molecule has 8 heteroatoms. The molecule has 0 spiro atoms. The van der Waals surface area contributed by atoms with Crippen LogP contribution in [-0.2, 0) is 0 Å². The summed E-state index contributed by atoms with van der Waals surface area (Å²) in [5.74, 6) is -0.562. The number of hydrogen-bond acceptors (Lipinski definition) is 3. The second kappa shape index (κ2) is 7.28. The first kappa shape index (κ1) is 17.0. The van der Waals surface area contributed by atoms with Gasteiger partial charge in [0.2, 0.25) is 0 Å². The van der Waals surface area contributed by atoms with Crippen molar-refractivity contribution in [3.63, 3.8) is 0 Å². The summed E-state index contributed by atoms with van der Waals surface area (Å²) < 4.78 is 0.788. The summed E-state index contributed by atoms with van der Waals surface area (Å²) in [7, 11) is 0. The average molecular weight is 420 g/mol. The molecule has 2 aromatic carbocycles. The second-order valence-electron chi connectivity index (χ2n) is 4.21. The molecule has 114 valence electrons. The van der Waals surface area contributed by atoms with Crippen LogP contribution in [0.15, 0.2) is 40.9 Å². The van der Waals surface area contributed by atoms with Gasteiger partial charge < -0.3 is 10.4 Å². The highest BCUT2D eigenvalue weighted by molar-refractivity contribution is 9.10. The average Bonchev–Trinajstić information content (AvgIpc) is 2.44. The van der Waals surface area contributed by atoms with Gasteiger partial charge in [0.1, 0.15) is 0 Å². The van der Waals surface area contributed by atoms with Crippen LogP contribution in [0, 0.1) is 0 Å². The molecule has 0 heterocycles. The molecule has 0 saturated heterocycles. The van der Waals surface area contributed by atoms with E-state index in [0.717, 1.165) is 4.47 Å². The summed E-state index contributed by atoms with van der Waals surface area (Å²) in [6.45, 7) is 0. The van der Waals surface area contributed by atoms with E-state index in [9.17, 15) is 9.90 Å². The third-order valence-corrected chi connectivity index (χ3v) is 3.86. The normalized spacial score (nSPS) is 10.1. The Hall–Kier alpha value is -1.34. The summed E-state index contributed by atoms with van der Waals surface area (Å²) >= 11 is 20.0. The van der Waals surface area contributed by atoms with Gasteiger partial charge in [-0.1, -0.05) is 45.2 Å². The number of hydrogen-bond donors (Lipinski definition) is 3. The van der Waals surface area contributed by atoms with Crippen LogP contribution in [0.3, 0.4) is 0 Å². The Morgan fingerprint density at radius 1 is 1.18 bits per heavy atom. The lowest BCUT2D eigenvalue weighted by Crippen LogP contribution is -2.34. The van der Waals surface area contributed by atoms with E-state index in [-0.39, 0.29) is 26.8 Å². The summed E-state index contributed by atoms with van der Waals surface area (Å²) in [6, 6.07) is 9.78. The van der Waals surface area contributed by atoms with Gasteiger partial charge in [-0.25, -0.2) is 0 Å². The van der Waals surface area contributed by atoms with Crippen molar-refractivity contribution in [2.75, 3.05) is 5.32 Å². The van der Waals surface area contributed by atoms with Crippen molar-refractivity contribution in [2.24, 2.45) is 0 Å². The minimum Gasteiger partial charge on any atom is -0.505 e. The van der Waals surface area contributed by atoms with Crippen molar-refractivity contribution < 1.29 is 9.90 Å². The van der Waals surface area contributed by atoms with E-state index in [1.807, 2.05) is 6.07 Å². The Balaban J connectivity index is 2.06. The van der Waals surface area contributed by atoms with E-state index >= 15 is 0 Å². The summed E-state index contributed by atoms with van der Waals surface area (Å²) in [4.78, 5) is 12.0. The predicted octanol–water partition coefficient (Wildman–Crippen LogP) is 4.59. The molecule has 0 aliphatic heterocycles. The first-order valence-electron chi connectivity index (χ1n) is 5.92. The van der Waals surface area contributed by atoms with E-state index < -0.39 is 0 Å². The Bertz CT molecular complexity index is 732. The number of anilines is 1. The Morgan fingerprint density at radius 3 is 2.41 bits per heavy atom. The number of nitrogens with one attached hydrogen (secondary N) is 2. The Labute approximate surface area is 150 Å². The van der Waals surface area contributed by atoms with Crippen LogP contribution >= 0.6 is 51.3 Å². The zero-order chi connectivity index (χ0) is 16.3. The number of phenolic OH excluding ortho intramolecular Hbond substituents is 1. The van der Waals surface area contributed by atoms with Crippen LogP contribution in [0.4, 0.5) is 5.69 Å². The van der Waals surface area contributed by atoms with Gasteiger partial charge in [0.25, 0.3) is 5.91 Å². The standard InChI is InChI=1S/C14H9BrCl2N2O2S/c15-8-3-1-2-7(4-8)13(21)19-14(22)18-9-5-10(16)12(20)11(17)6-9/h1-6,20H,(H2,18,19,21,22). The van der Waals surface area contributed by atoms with Crippen molar-refractivity contribution in [2.45, 2.75) is 0 Å². The van der Waals surface area contributed by atoms with Gasteiger partial charge in [0, 0.05) is 15.7 Å². The van der Waals surface area contributed by atoms with Gasteiger partial charge in [-0.15, -0.1) is 0 Å². The molecule has 0 aliphatic rings. The molecule has 0 bridgehead atoms. The minimum atomic E-state index is -0.352. The molecule has 0 atom stereocenters. The zero-order valence-electron chi connectivity index (χ0n) is 10.9. The number of amides is 1. The molecular weight excluding hydrogens is 411 g/mol. The molecule has 0 unspecified atom stereocenters. The predicted molar refractivity (Wildman–Crippen MR) is 96.0 cm³/mol. The topological polar surface area (TPSA) is 61.4 Å². The van der Waals surface area contributed by atoms with Crippen molar-refractivity contribution in [3.05, 3.63) is 56.5 Å². The fraction of sp³-hybridized carbons (Fsp3) is 0. The maximum Gasteiger partial charge on any atom is 0.257 e. The summed E-state index contributed by atoms with van der Waals surface area (Å²) in [6.07, 6.45) is 0. The highest BCUT2D eigenvalue weighted by Crippen LogP contribution is 2.34. The van der Waals surface area contributed by atoms with Gasteiger partial charge in [0.15, 0.2) is 10.9 Å². The molecule has 4 nitrogen and oxygen atoms in total. The fourth-order valence-corrected chi connectivity index (χ4v) is 2.70. The first-order chi connectivity index (χ1) is 10.4. The summed E-state index contributed by atoms with van der Waals surface area (Å²) in [5.41, 5.74) is 0.910. The monoisotopic (exact) mass is 418 g/mol. The zero-order valence-corrected chi connectivity index (χ0v) is 14.8. The number of carbonyl (C=O) groups is 1. The molecule has 0 radical (unpaired) electrons. The Morgan fingerprint density at radius 2 is 1.82 bits per heavy atom. The van der Waals surface area contributed by atoms with Crippen molar-refractivity contribution in [3.8, 4) is 5.75 Å². The maximum atomic E-state index is 12.0. The van der Waals surface area contributed by atoms with Crippen LogP contribution in [-0.4, -0.2) is 16.1 Å².